The van der Waals surface area contributed by atoms with Crippen LogP contribution in [-0.2, 0) is 14.3 Å². The van der Waals surface area contributed by atoms with Crippen LogP contribution >= 0.6 is 12.4 Å². The van der Waals surface area contributed by atoms with Crippen molar-refractivity contribution in [2.75, 3.05) is 19.7 Å². The number of nitrogens with two attached hydrogens (primary N) is 1. The molecule has 0 aromatic heterocycles. The van der Waals surface area contributed by atoms with Gasteiger partial charge in [0.2, 0.25) is 5.91 Å². The fourth-order valence-corrected chi connectivity index (χ4v) is 1.68. The lowest BCUT2D eigenvalue weighted by Gasteiger charge is -2.31. The molecule has 2 unspecified atom stereocenters. The maximum Gasteiger partial charge on any atom is 0.251 e. The molecule has 18 heavy (non-hydrogen) atoms. The molecule has 7 heteroatoms. The Morgan fingerprint density at radius 3 is 2.44 bits per heavy atom. The molecular formula is C11H22ClN3O3. The number of nitrogens with one attached hydrogen (secondary N) is 2. The second-order valence-electron chi connectivity index (χ2n) is 5.27. The molecule has 1 aliphatic heterocycles. The van der Waals surface area contributed by atoms with Crippen molar-refractivity contribution in [3.63, 3.8) is 0 Å². The van der Waals surface area contributed by atoms with E-state index in [2.05, 4.69) is 10.6 Å². The highest BCUT2D eigenvalue weighted by atomic mass is 35.5. The first-order chi connectivity index (χ1) is 7.82. The summed E-state index contributed by atoms with van der Waals surface area (Å²) in [4.78, 5) is 23.2. The zero-order valence-corrected chi connectivity index (χ0v) is 11.8. The molecule has 0 aromatic carbocycles. The van der Waals surface area contributed by atoms with Gasteiger partial charge in [-0.1, -0.05) is 20.8 Å². The topological polar surface area (TPSA) is 93.4 Å². The van der Waals surface area contributed by atoms with E-state index in [0.29, 0.717) is 13.2 Å². The van der Waals surface area contributed by atoms with Gasteiger partial charge in [0, 0.05) is 13.1 Å². The van der Waals surface area contributed by atoms with Crippen LogP contribution in [-0.4, -0.2) is 43.7 Å². The second-order valence-corrected chi connectivity index (χ2v) is 5.27. The Balaban J connectivity index is 0.00000289. The number of carbonyl (C=O) groups excluding carboxylic acids is 2. The zero-order valence-electron chi connectivity index (χ0n) is 11.0. The minimum absolute atomic E-state index is 0. The average molecular weight is 280 g/mol. The lowest BCUT2D eigenvalue weighted by Crippen LogP contribution is -2.57. The Morgan fingerprint density at radius 2 is 2.06 bits per heavy atom. The lowest BCUT2D eigenvalue weighted by atomic mass is 9.86. The molecule has 1 rings (SSSR count). The van der Waals surface area contributed by atoms with E-state index in [4.69, 9.17) is 10.5 Å². The number of morpholine rings is 1. The first-order valence-corrected chi connectivity index (χ1v) is 5.74. The summed E-state index contributed by atoms with van der Waals surface area (Å²) >= 11 is 0. The maximum absolute atomic E-state index is 11.9. The second kappa shape index (κ2) is 6.92. The number of rotatable bonds is 3. The SMILES string of the molecule is CC(C)(C)C(NC(=O)C1CNCCO1)C(N)=O.Cl. The van der Waals surface area contributed by atoms with Gasteiger partial charge in [-0.25, -0.2) is 0 Å². The molecule has 2 atom stereocenters. The minimum Gasteiger partial charge on any atom is -0.368 e. The molecule has 1 aliphatic rings. The third-order valence-electron chi connectivity index (χ3n) is 2.66. The Morgan fingerprint density at radius 1 is 1.44 bits per heavy atom. The highest BCUT2D eigenvalue weighted by Gasteiger charge is 2.33. The van der Waals surface area contributed by atoms with Crippen LogP contribution in [0.1, 0.15) is 20.8 Å². The Hall–Kier alpha value is -0.850. The van der Waals surface area contributed by atoms with Crippen molar-refractivity contribution in [3.05, 3.63) is 0 Å². The summed E-state index contributed by atoms with van der Waals surface area (Å²) < 4.78 is 5.31. The van der Waals surface area contributed by atoms with Crippen LogP contribution in [0.2, 0.25) is 0 Å². The van der Waals surface area contributed by atoms with E-state index in [1.54, 1.807) is 0 Å². The van der Waals surface area contributed by atoms with Crippen LogP contribution in [0.25, 0.3) is 0 Å². The lowest BCUT2D eigenvalue weighted by molar-refractivity contribution is -0.138. The highest BCUT2D eigenvalue weighted by Crippen LogP contribution is 2.19. The Labute approximate surface area is 113 Å². The van der Waals surface area contributed by atoms with E-state index in [0.717, 1.165) is 6.54 Å². The largest absolute Gasteiger partial charge is 0.368 e. The van der Waals surface area contributed by atoms with Gasteiger partial charge >= 0.3 is 0 Å². The molecule has 1 heterocycles. The van der Waals surface area contributed by atoms with Gasteiger partial charge < -0.3 is 21.1 Å². The summed E-state index contributed by atoms with van der Waals surface area (Å²) in [5.74, 6) is -0.828. The monoisotopic (exact) mass is 279 g/mol. The molecule has 4 N–H and O–H groups in total. The van der Waals surface area contributed by atoms with Crippen molar-refractivity contribution in [1.29, 1.82) is 0 Å². The van der Waals surface area contributed by atoms with Crippen LogP contribution < -0.4 is 16.4 Å². The molecule has 1 fully saturated rings. The van der Waals surface area contributed by atoms with Crippen molar-refractivity contribution >= 4 is 24.2 Å². The molecule has 6 nitrogen and oxygen atoms in total. The molecule has 0 bridgehead atoms. The van der Waals surface area contributed by atoms with Crippen LogP contribution in [0.3, 0.4) is 0 Å². The average Bonchev–Trinajstić information content (AvgIpc) is 2.24. The van der Waals surface area contributed by atoms with Gasteiger partial charge in [-0.2, -0.15) is 0 Å². The van der Waals surface area contributed by atoms with E-state index in [1.165, 1.54) is 0 Å². The van der Waals surface area contributed by atoms with Crippen molar-refractivity contribution < 1.29 is 14.3 Å². The molecule has 0 aliphatic carbocycles. The van der Waals surface area contributed by atoms with Gasteiger partial charge in [0.25, 0.3) is 5.91 Å². The van der Waals surface area contributed by atoms with E-state index >= 15 is 0 Å². The van der Waals surface area contributed by atoms with Crippen LogP contribution in [0.5, 0.6) is 0 Å². The first kappa shape index (κ1) is 17.2. The summed E-state index contributed by atoms with van der Waals surface area (Å²) in [6, 6.07) is -0.694. The van der Waals surface area contributed by atoms with Crippen molar-refractivity contribution in [3.8, 4) is 0 Å². The van der Waals surface area contributed by atoms with Gasteiger partial charge in [-0.3, -0.25) is 9.59 Å². The van der Waals surface area contributed by atoms with E-state index < -0.39 is 23.5 Å². The van der Waals surface area contributed by atoms with Crippen LogP contribution in [0.4, 0.5) is 0 Å². The van der Waals surface area contributed by atoms with Gasteiger partial charge in [-0.15, -0.1) is 12.4 Å². The normalized spacial score (nSPS) is 21.6. The number of ether oxygens (including phenoxy) is 1. The van der Waals surface area contributed by atoms with Gasteiger partial charge in [0.15, 0.2) is 0 Å². The molecule has 0 radical (unpaired) electrons. The molecule has 1 saturated heterocycles. The highest BCUT2D eigenvalue weighted by molar-refractivity contribution is 5.89. The third-order valence-corrected chi connectivity index (χ3v) is 2.66. The summed E-state index contributed by atoms with van der Waals surface area (Å²) in [6.45, 7) is 7.24. The van der Waals surface area contributed by atoms with Gasteiger partial charge in [-0.05, 0) is 5.41 Å². The van der Waals surface area contributed by atoms with Crippen LogP contribution in [0, 0.1) is 5.41 Å². The third kappa shape index (κ3) is 4.80. The molecule has 2 amide bonds. The number of primary amides is 1. The fourth-order valence-electron chi connectivity index (χ4n) is 1.68. The van der Waals surface area contributed by atoms with Gasteiger partial charge in [0.05, 0.1) is 6.61 Å². The van der Waals surface area contributed by atoms with Crippen LogP contribution in [0.15, 0.2) is 0 Å². The number of carbonyl (C=O) groups is 2. The van der Waals surface area contributed by atoms with E-state index in [9.17, 15) is 9.59 Å². The van der Waals surface area contributed by atoms with Crippen molar-refractivity contribution in [2.45, 2.75) is 32.9 Å². The number of hydrogen-bond acceptors (Lipinski definition) is 4. The minimum atomic E-state index is -0.694. The molecule has 0 aromatic rings. The summed E-state index contributed by atoms with van der Waals surface area (Å²) in [5.41, 5.74) is 4.88. The molecule has 106 valence electrons. The predicted octanol–water partition coefficient (Wildman–Crippen LogP) is -0.587. The maximum atomic E-state index is 11.9. The quantitative estimate of drug-likeness (QED) is 0.644. The van der Waals surface area contributed by atoms with Crippen molar-refractivity contribution in [1.82, 2.24) is 10.6 Å². The fraction of sp³-hybridized carbons (Fsp3) is 0.818. The van der Waals surface area contributed by atoms with E-state index in [1.807, 2.05) is 20.8 Å². The summed E-state index contributed by atoms with van der Waals surface area (Å²) in [7, 11) is 0. The number of amides is 2. The Bertz CT molecular complexity index is 298. The molecular weight excluding hydrogens is 258 g/mol. The first-order valence-electron chi connectivity index (χ1n) is 5.74. The molecule has 0 spiro atoms. The number of hydrogen-bond donors (Lipinski definition) is 3. The van der Waals surface area contributed by atoms with Gasteiger partial charge in [0.1, 0.15) is 12.1 Å². The summed E-state index contributed by atoms with van der Waals surface area (Å²) in [6.07, 6.45) is -0.548. The zero-order chi connectivity index (χ0) is 13.1. The summed E-state index contributed by atoms with van der Waals surface area (Å²) in [5, 5.41) is 5.70. The molecule has 0 saturated carbocycles. The van der Waals surface area contributed by atoms with Crippen molar-refractivity contribution in [2.24, 2.45) is 11.1 Å². The number of halogens is 1. The standard InChI is InChI=1S/C11H21N3O3.ClH/c1-11(2,3)8(9(12)15)14-10(16)7-6-13-4-5-17-7;/h7-8,13H,4-6H2,1-3H3,(H2,12,15)(H,14,16);1H. The Kier molecular flexibility index (Phi) is 6.59. The smallest absolute Gasteiger partial charge is 0.251 e. The predicted molar refractivity (Wildman–Crippen MR) is 70.4 cm³/mol. The van der Waals surface area contributed by atoms with E-state index in [-0.39, 0.29) is 18.3 Å².